The summed E-state index contributed by atoms with van der Waals surface area (Å²) in [6, 6.07) is 7.23. The van der Waals surface area contributed by atoms with Crippen LogP contribution in [0.2, 0.25) is 0 Å². The fraction of sp³-hybridized carbons (Fsp3) is 0.471. The van der Waals surface area contributed by atoms with E-state index in [1.54, 1.807) is 19.2 Å². The largest absolute Gasteiger partial charge is 0.495 e. The average molecular weight is 346 g/mol. The van der Waals surface area contributed by atoms with Gasteiger partial charge in [0.25, 0.3) is 0 Å². The van der Waals surface area contributed by atoms with Crippen LogP contribution in [0, 0.1) is 0 Å². The van der Waals surface area contributed by atoms with Crippen molar-refractivity contribution in [3.8, 4) is 5.75 Å². The maximum Gasteiger partial charge on any atom is 0.240 e. The lowest BCUT2D eigenvalue weighted by molar-refractivity contribution is -0.115. The first-order chi connectivity index (χ1) is 12.1. The zero-order valence-corrected chi connectivity index (χ0v) is 14.4. The SMILES string of the molecule is COc1ccccc1NC(=O)Cc1noc(CN2CCO[C@H](C)C2)n1. The maximum atomic E-state index is 12.2. The van der Waals surface area contributed by atoms with E-state index >= 15 is 0 Å². The number of para-hydroxylation sites is 2. The number of carbonyl (C=O) groups is 1. The smallest absolute Gasteiger partial charge is 0.240 e. The number of rotatable bonds is 6. The molecule has 1 saturated heterocycles. The van der Waals surface area contributed by atoms with Crippen LogP contribution in [0.5, 0.6) is 5.75 Å². The van der Waals surface area contributed by atoms with Crippen molar-refractivity contribution in [1.29, 1.82) is 0 Å². The lowest BCUT2D eigenvalue weighted by Crippen LogP contribution is -2.40. The highest BCUT2D eigenvalue weighted by molar-refractivity contribution is 5.93. The lowest BCUT2D eigenvalue weighted by atomic mass is 10.2. The molecule has 25 heavy (non-hydrogen) atoms. The van der Waals surface area contributed by atoms with Crippen LogP contribution in [0.3, 0.4) is 0 Å². The van der Waals surface area contributed by atoms with Crippen molar-refractivity contribution in [3.63, 3.8) is 0 Å². The molecule has 1 N–H and O–H groups in total. The highest BCUT2D eigenvalue weighted by Crippen LogP contribution is 2.23. The van der Waals surface area contributed by atoms with Gasteiger partial charge in [-0.3, -0.25) is 9.69 Å². The predicted molar refractivity (Wildman–Crippen MR) is 90.3 cm³/mol. The van der Waals surface area contributed by atoms with E-state index in [0.29, 0.717) is 36.3 Å². The molecule has 2 aromatic rings. The first kappa shape index (κ1) is 17.4. The Balaban J connectivity index is 1.54. The quantitative estimate of drug-likeness (QED) is 0.847. The number of ether oxygens (including phenoxy) is 2. The molecule has 1 amide bonds. The summed E-state index contributed by atoms with van der Waals surface area (Å²) in [7, 11) is 1.56. The van der Waals surface area contributed by atoms with Gasteiger partial charge in [-0.15, -0.1) is 0 Å². The first-order valence-electron chi connectivity index (χ1n) is 8.22. The Morgan fingerprint density at radius 3 is 3.08 bits per heavy atom. The summed E-state index contributed by atoms with van der Waals surface area (Å²) in [6.07, 6.45) is 0.240. The molecule has 0 saturated carbocycles. The number of amides is 1. The van der Waals surface area contributed by atoms with Crippen LogP contribution < -0.4 is 10.1 Å². The topological polar surface area (TPSA) is 89.7 Å². The minimum absolute atomic E-state index is 0.0427. The molecule has 0 aliphatic carbocycles. The summed E-state index contributed by atoms with van der Waals surface area (Å²) >= 11 is 0. The van der Waals surface area contributed by atoms with E-state index in [2.05, 4.69) is 20.4 Å². The monoisotopic (exact) mass is 346 g/mol. The van der Waals surface area contributed by atoms with Gasteiger partial charge in [-0.05, 0) is 19.1 Å². The molecule has 0 unspecified atom stereocenters. The molecule has 2 heterocycles. The van der Waals surface area contributed by atoms with Crippen LogP contribution in [0.15, 0.2) is 28.8 Å². The van der Waals surface area contributed by atoms with Crippen molar-refractivity contribution >= 4 is 11.6 Å². The summed E-state index contributed by atoms with van der Waals surface area (Å²) in [6.45, 7) is 4.95. The number of morpholine rings is 1. The number of hydrogen-bond donors (Lipinski definition) is 1. The van der Waals surface area contributed by atoms with Crippen LogP contribution in [0.1, 0.15) is 18.6 Å². The second kappa shape index (κ2) is 8.09. The number of nitrogens with zero attached hydrogens (tertiary/aromatic N) is 3. The van der Waals surface area contributed by atoms with Crippen LogP contribution in [0.4, 0.5) is 5.69 Å². The van der Waals surface area contributed by atoms with E-state index in [4.69, 9.17) is 14.0 Å². The van der Waals surface area contributed by atoms with Gasteiger partial charge in [0, 0.05) is 13.1 Å². The Hall–Kier alpha value is -2.45. The molecule has 3 rings (SSSR count). The number of methoxy groups -OCH3 is 1. The molecule has 8 nitrogen and oxygen atoms in total. The number of nitrogens with one attached hydrogen (secondary N) is 1. The van der Waals surface area contributed by atoms with Crippen LogP contribution in [-0.2, 0) is 22.5 Å². The summed E-state index contributed by atoms with van der Waals surface area (Å²) in [5.74, 6) is 1.25. The zero-order valence-electron chi connectivity index (χ0n) is 14.4. The second-order valence-corrected chi connectivity index (χ2v) is 5.95. The minimum Gasteiger partial charge on any atom is -0.495 e. The number of benzene rings is 1. The van der Waals surface area contributed by atoms with Crippen molar-refractivity contribution in [3.05, 3.63) is 36.0 Å². The van der Waals surface area contributed by atoms with Gasteiger partial charge in [-0.2, -0.15) is 4.98 Å². The van der Waals surface area contributed by atoms with Gasteiger partial charge in [-0.25, -0.2) is 0 Å². The van der Waals surface area contributed by atoms with Gasteiger partial charge in [0.2, 0.25) is 11.8 Å². The Bertz CT molecular complexity index is 718. The van der Waals surface area contributed by atoms with E-state index in [1.165, 1.54) is 0 Å². The molecular weight excluding hydrogens is 324 g/mol. The third-order valence-electron chi connectivity index (χ3n) is 3.89. The average Bonchev–Trinajstić information content (AvgIpc) is 3.02. The Kier molecular flexibility index (Phi) is 5.62. The summed E-state index contributed by atoms with van der Waals surface area (Å²) in [4.78, 5) is 18.7. The normalized spacial score (nSPS) is 18.1. The fourth-order valence-electron chi connectivity index (χ4n) is 2.74. The molecule has 134 valence electrons. The number of anilines is 1. The van der Waals surface area contributed by atoms with Gasteiger partial charge >= 0.3 is 0 Å². The summed E-state index contributed by atoms with van der Waals surface area (Å²) in [5, 5.41) is 6.68. The molecule has 0 radical (unpaired) electrons. The number of hydrogen-bond acceptors (Lipinski definition) is 7. The van der Waals surface area contributed by atoms with E-state index in [9.17, 15) is 4.79 Å². The summed E-state index contributed by atoms with van der Waals surface area (Å²) in [5.41, 5.74) is 0.612. The molecule has 8 heteroatoms. The second-order valence-electron chi connectivity index (χ2n) is 5.95. The molecule has 1 aliphatic rings. The molecule has 1 atom stereocenters. The maximum absolute atomic E-state index is 12.2. The van der Waals surface area contributed by atoms with Gasteiger partial charge < -0.3 is 19.3 Å². The molecule has 1 aromatic heterocycles. The summed E-state index contributed by atoms with van der Waals surface area (Å²) < 4.78 is 16.0. The standard InChI is InChI=1S/C17H22N4O4/c1-12-10-21(7-8-24-12)11-17-19-15(20-25-17)9-16(22)18-13-5-3-4-6-14(13)23-2/h3-6,12H,7-11H2,1-2H3,(H,18,22)/t12-/m1/s1. The van der Waals surface area contributed by atoms with Crippen LogP contribution >= 0.6 is 0 Å². The van der Waals surface area contributed by atoms with Gasteiger partial charge in [0.15, 0.2) is 5.82 Å². The molecule has 1 aliphatic heterocycles. The first-order valence-corrected chi connectivity index (χ1v) is 8.22. The zero-order chi connectivity index (χ0) is 17.6. The number of aromatic nitrogens is 2. The van der Waals surface area contributed by atoms with Crippen molar-refractivity contribution < 1.29 is 18.8 Å². The van der Waals surface area contributed by atoms with Crippen molar-refractivity contribution in [2.45, 2.75) is 26.0 Å². The van der Waals surface area contributed by atoms with E-state index in [1.807, 2.05) is 19.1 Å². The molecule has 0 spiro atoms. The van der Waals surface area contributed by atoms with Crippen molar-refractivity contribution in [2.24, 2.45) is 0 Å². The van der Waals surface area contributed by atoms with Gasteiger partial charge in [-0.1, -0.05) is 17.3 Å². The lowest BCUT2D eigenvalue weighted by Gasteiger charge is -2.29. The Morgan fingerprint density at radius 1 is 1.44 bits per heavy atom. The third kappa shape index (κ3) is 4.77. The minimum atomic E-state index is -0.225. The van der Waals surface area contributed by atoms with E-state index in [-0.39, 0.29) is 18.4 Å². The van der Waals surface area contributed by atoms with Crippen molar-refractivity contribution in [2.75, 3.05) is 32.1 Å². The third-order valence-corrected chi connectivity index (χ3v) is 3.89. The van der Waals surface area contributed by atoms with Crippen molar-refractivity contribution in [1.82, 2.24) is 15.0 Å². The molecule has 1 aromatic carbocycles. The molecule has 0 bridgehead atoms. The highest BCUT2D eigenvalue weighted by atomic mass is 16.5. The fourth-order valence-corrected chi connectivity index (χ4v) is 2.74. The Morgan fingerprint density at radius 2 is 2.28 bits per heavy atom. The molecular formula is C17H22N4O4. The molecule has 1 fully saturated rings. The predicted octanol–water partition coefficient (Wildman–Crippen LogP) is 1.48. The van der Waals surface area contributed by atoms with Crippen LogP contribution in [-0.4, -0.2) is 53.9 Å². The highest BCUT2D eigenvalue weighted by Gasteiger charge is 2.20. The number of carbonyl (C=O) groups excluding carboxylic acids is 1. The Labute approximate surface area is 146 Å². The van der Waals surface area contributed by atoms with E-state index < -0.39 is 0 Å². The van der Waals surface area contributed by atoms with Gasteiger partial charge in [0.05, 0.1) is 38.5 Å². The van der Waals surface area contributed by atoms with E-state index in [0.717, 1.165) is 13.1 Å². The van der Waals surface area contributed by atoms with Gasteiger partial charge in [0.1, 0.15) is 5.75 Å². The van der Waals surface area contributed by atoms with Crippen LogP contribution in [0.25, 0.3) is 0 Å².